The molecule has 4 N–H and O–H groups in total. The van der Waals surface area contributed by atoms with Gasteiger partial charge < -0.3 is 34.6 Å². The summed E-state index contributed by atoms with van der Waals surface area (Å²) in [6, 6.07) is 0. The van der Waals surface area contributed by atoms with E-state index in [1.165, 1.54) is 0 Å². The molecule has 0 fully saturated rings. The summed E-state index contributed by atoms with van der Waals surface area (Å²) in [6.45, 7) is 4.54. The van der Waals surface area contributed by atoms with Gasteiger partial charge in [0.15, 0.2) is 11.9 Å². The van der Waals surface area contributed by atoms with Crippen LogP contribution in [0.3, 0.4) is 0 Å². The van der Waals surface area contributed by atoms with Crippen LogP contribution in [-0.2, 0) is 19.0 Å². The van der Waals surface area contributed by atoms with E-state index in [0.29, 0.717) is 0 Å². The summed E-state index contributed by atoms with van der Waals surface area (Å²) in [5.74, 6) is -2.14. The molecule has 0 radical (unpaired) electrons. The van der Waals surface area contributed by atoms with E-state index in [1.54, 1.807) is 0 Å². The molecule has 122 valence electrons. The number of hydrogen-bond acceptors (Lipinski definition) is 8. The summed E-state index contributed by atoms with van der Waals surface area (Å²) in [5.41, 5.74) is -0.426. The van der Waals surface area contributed by atoms with Crippen LogP contribution in [0.5, 0.6) is 0 Å². The fourth-order valence-electron chi connectivity index (χ4n) is 1.54. The highest BCUT2D eigenvalue weighted by atomic mass is 16.6. The van der Waals surface area contributed by atoms with Crippen molar-refractivity contribution >= 4 is 5.97 Å². The first-order chi connectivity index (χ1) is 9.65. The minimum absolute atomic E-state index is 0.000431. The van der Waals surface area contributed by atoms with Crippen molar-refractivity contribution in [3.8, 4) is 0 Å². The van der Waals surface area contributed by atoms with Gasteiger partial charge >= 0.3 is 5.97 Å². The molecule has 0 aliphatic carbocycles. The number of aliphatic hydroxyl groups is 4. The molecular formula is C13H22O8. The number of ether oxygens (including phenoxy) is 3. The quantitative estimate of drug-likeness (QED) is 0.452. The molecule has 0 amide bonds. The number of carbonyl (C=O) groups is 1. The highest BCUT2D eigenvalue weighted by Gasteiger charge is 2.40. The van der Waals surface area contributed by atoms with E-state index in [-0.39, 0.29) is 19.0 Å². The van der Waals surface area contributed by atoms with E-state index in [2.05, 4.69) is 4.74 Å². The third-order valence-electron chi connectivity index (χ3n) is 2.60. The molecule has 1 heterocycles. The van der Waals surface area contributed by atoms with Gasteiger partial charge in [0.05, 0.1) is 18.8 Å². The highest BCUT2D eigenvalue weighted by Crippen LogP contribution is 2.25. The van der Waals surface area contributed by atoms with Crippen molar-refractivity contribution < 1.29 is 39.4 Å². The normalized spacial score (nSPS) is 22.2. The summed E-state index contributed by atoms with van der Waals surface area (Å²) in [4.78, 5) is 11.2. The van der Waals surface area contributed by atoms with Crippen molar-refractivity contribution in [3.05, 3.63) is 11.5 Å². The highest BCUT2D eigenvalue weighted by molar-refractivity contribution is 5.89. The Bertz CT molecular complexity index is 397. The lowest BCUT2D eigenvalue weighted by Crippen LogP contribution is -2.34. The molecule has 0 bridgehead atoms. The molecule has 0 aromatic heterocycles. The second-order valence-electron chi connectivity index (χ2n) is 5.68. The molecule has 21 heavy (non-hydrogen) atoms. The predicted molar refractivity (Wildman–Crippen MR) is 70.3 cm³/mol. The fourth-order valence-corrected chi connectivity index (χ4v) is 1.54. The first-order valence-corrected chi connectivity index (χ1v) is 6.53. The van der Waals surface area contributed by atoms with Crippen LogP contribution < -0.4 is 0 Å². The second-order valence-corrected chi connectivity index (χ2v) is 5.68. The summed E-state index contributed by atoms with van der Waals surface area (Å²) >= 11 is 0. The van der Waals surface area contributed by atoms with Crippen molar-refractivity contribution in [1.29, 1.82) is 0 Å². The van der Waals surface area contributed by atoms with Gasteiger partial charge in [-0.2, -0.15) is 0 Å². The monoisotopic (exact) mass is 306 g/mol. The van der Waals surface area contributed by atoms with Crippen LogP contribution in [0, 0.1) is 0 Å². The van der Waals surface area contributed by atoms with Crippen LogP contribution in [0.25, 0.3) is 0 Å². The predicted octanol–water partition coefficient (Wildman–Crippen LogP) is -0.773. The SMILES string of the molecule is CC(C)(C)OCC(O)COC1=C(O)C(=O)O[C@@H]1[C@@H](O)CO. The van der Waals surface area contributed by atoms with Crippen molar-refractivity contribution in [3.63, 3.8) is 0 Å². The van der Waals surface area contributed by atoms with Gasteiger partial charge in [0, 0.05) is 0 Å². The molecule has 0 saturated carbocycles. The summed E-state index contributed by atoms with van der Waals surface area (Å²) in [6.07, 6.45) is -3.71. The number of esters is 1. The minimum Gasteiger partial charge on any atom is -0.499 e. The number of carbonyl (C=O) groups excluding carboxylic acids is 1. The summed E-state index contributed by atoms with van der Waals surface area (Å²) < 4.78 is 15.2. The van der Waals surface area contributed by atoms with E-state index in [9.17, 15) is 20.1 Å². The Labute approximate surface area is 122 Å². The van der Waals surface area contributed by atoms with Crippen molar-refractivity contribution in [1.82, 2.24) is 0 Å². The van der Waals surface area contributed by atoms with Gasteiger partial charge in [-0.1, -0.05) is 0 Å². The van der Waals surface area contributed by atoms with E-state index in [0.717, 1.165) is 0 Å². The fraction of sp³-hybridized carbons (Fsp3) is 0.769. The third kappa shape index (κ3) is 5.16. The molecule has 8 heteroatoms. The lowest BCUT2D eigenvalue weighted by Gasteiger charge is -2.23. The Hall–Kier alpha value is -1.35. The van der Waals surface area contributed by atoms with E-state index < -0.39 is 42.2 Å². The van der Waals surface area contributed by atoms with Crippen molar-refractivity contribution in [2.75, 3.05) is 19.8 Å². The maximum atomic E-state index is 11.2. The molecular weight excluding hydrogens is 284 g/mol. The van der Waals surface area contributed by atoms with E-state index in [1.807, 2.05) is 20.8 Å². The van der Waals surface area contributed by atoms with Gasteiger partial charge in [-0.05, 0) is 20.8 Å². The van der Waals surface area contributed by atoms with Crippen molar-refractivity contribution in [2.24, 2.45) is 0 Å². The molecule has 0 spiro atoms. The average molecular weight is 306 g/mol. The molecule has 0 saturated heterocycles. The van der Waals surface area contributed by atoms with Gasteiger partial charge in [0.2, 0.25) is 5.76 Å². The molecule has 3 atom stereocenters. The molecule has 1 aliphatic rings. The molecule has 1 unspecified atom stereocenters. The Morgan fingerprint density at radius 3 is 2.43 bits per heavy atom. The van der Waals surface area contributed by atoms with Crippen LogP contribution in [-0.4, -0.2) is 70.1 Å². The van der Waals surface area contributed by atoms with Gasteiger partial charge in [-0.25, -0.2) is 4.79 Å². The second kappa shape index (κ2) is 7.08. The Morgan fingerprint density at radius 1 is 1.29 bits per heavy atom. The van der Waals surface area contributed by atoms with Crippen LogP contribution in [0.4, 0.5) is 0 Å². The lowest BCUT2D eigenvalue weighted by molar-refractivity contribution is -0.148. The maximum Gasteiger partial charge on any atom is 0.378 e. The molecule has 8 nitrogen and oxygen atoms in total. The van der Waals surface area contributed by atoms with E-state index in [4.69, 9.17) is 14.6 Å². The van der Waals surface area contributed by atoms with Crippen LogP contribution in [0.2, 0.25) is 0 Å². The van der Waals surface area contributed by atoms with Crippen LogP contribution in [0.15, 0.2) is 11.5 Å². The Kier molecular flexibility index (Phi) is 5.97. The first kappa shape index (κ1) is 17.7. The number of rotatable bonds is 7. The average Bonchev–Trinajstić information content (AvgIpc) is 2.68. The lowest BCUT2D eigenvalue weighted by atomic mass is 10.2. The van der Waals surface area contributed by atoms with Gasteiger partial charge in [0.1, 0.15) is 18.8 Å². The van der Waals surface area contributed by atoms with Gasteiger partial charge in [-0.15, -0.1) is 0 Å². The van der Waals surface area contributed by atoms with Gasteiger partial charge in [0.25, 0.3) is 0 Å². The summed E-state index contributed by atoms with van der Waals surface area (Å²) in [7, 11) is 0. The zero-order valence-corrected chi connectivity index (χ0v) is 12.3. The molecule has 0 aromatic rings. The largest absolute Gasteiger partial charge is 0.499 e. The third-order valence-corrected chi connectivity index (χ3v) is 2.60. The summed E-state index contributed by atoms with van der Waals surface area (Å²) in [5, 5.41) is 37.6. The molecule has 1 aliphatic heterocycles. The Morgan fingerprint density at radius 2 is 1.90 bits per heavy atom. The van der Waals surface area contributed by atoms with E-state index >= 15 is 0 Å². The Balaban J connectivity index is 2.57. The standard InChI is InChI=1S/C13H22O8/c1-13(2,3)20-6-7(15)5-19-11-9(17)12(18)21-10(11)8(16)4-14/h7-8,10,14-17H,4-6H2,1-3H3/t7?,8-,10+/m0/s1. The zero-order chi connectivity index (χ0) is 16.2. The van der Waals surface area contributed by atoms with Crippen LogP contribution >= 0.6 is 0 Å². The molecule has 0 aromatic carbocycles. The smallest absolute Gasteiger partial charge is 0.378 e. The van der Waals surface area contributed by atoms with Crippen molar-refractivity contribution in [2.45, 2.75) is 44.7 Å². The zero-order valence-electron chi connectivity index (χ0n) is 12.3. The maximum absolute atomic E-state index is 11.2. The van der Waals surface area contributed by atoms with Crippen LogP contribution in [0.1, 0.15) is 20.8 Å². The molecule has 1 rings (SSSR count). The number of cyclic esters (lactones) is 1. The first-order valence-electron chi connectivity index (χ1n) is 6.53. The van der Waals surface area contributed by atoms with Gasteiger partial charge in [-0.3, -0.25) is 0 Å². The topological polar surface area (TPSA) is 126 Å². The number of aliphatic hydroxyl groups excluding tert-OH is 4. The minimum atomic E-state index is -1.42. The number of hydrogen-bond donors (Lipinski definition) is 4.